The van der Waals surface area contributed by atoms with Crippen LogP contribution in [0, 0.1) is 0 Å². The Labute approximate surface area is 168 Å². The van der Waals surface area contributed by atoms with Crippen LogP contribution in [0.15, 0.2) is 73.0 Å². The summed E-state index contributed by atoms with van der Waals surface area (Å²) in [6.07, 6.45) is 10.4. The molecule has 2 aromatic carbocycles. The first-order valence-corrected chi connectivity index (χ1v) is 10.2. The Kier molecular flexibility index (Phi) is 5.67. The second-order valence-electron chi connectivity index (χ2n) is 6.51. The summed E-state index contributed by atoms with van der Waals surface area (Å²) >= 11 is 1.72. The molecule has 3 aromatic rings. The van der Waals surface area contributed by atoms with E-state index in [9.17, 15) is 10.2 Å². The average Bonchev–Trinajstić information content (AvgIpc) is 3.07. The van der Waals surface area contributed by atoms with Gasteiger partial charge in [0.1, 0.15) is 11.3 Å². The fourth-order valence-electron chi connectivity index (χ4n) is 3.50. The minimum Gasteiger partial charge on any atom is -0.395 e. The van der Waals surface area contributed by atoms with E-state index in [1.54, 1.807) is 11.3 Å². The molecule has 4 nitrogen and oxygen atoms in total. The Hall–Kier alpha value is -2.73. The lowest BCUT2D eigenvalue weighted by Gasteiger charge is -2.26. The van der Waals surface area contributed by atoms with Crippen molar-refractivity contribution < 1.29 is 14.8 Å². The molecule has 0 spiro atoms. The Morgan fingerprint density at radius 2 is 1.82 bits per heavy atom. The van der Waals surface area contributed by atoms with Crippen LogP contribution in [0.3, 0.4) is 0 Å². The maximum atomic E-state index is 9.45. The van der Waals surface area contributed by atoms with E-state index < -0.39 is 0 Å². The third kappa shape index (κ3) is 3.64. The summed E-state index contributed by atoms with van der Waals surface area (Å²) in [6.45, 7) is 1.40. The first-order chi connectivity index (χ1) is 13.8. The topological polar surface area (TPSA) is 47.6 Å². The highest BCUT2D eigenvalue weighted by molar-refractivity contribution is 7.18. The number of thiazole rings is 1. The Morgan fingerprint density at radius 3 is 2.68 bits per heavy atom. The maximum Gasteiger partial charge on any atom is 0.262 e. The fourth-order valence-corrected chi connectivity index (χ4v) is 4.60. The van der Waals surface area contributed by atoms with Crippen LogP contribution >= 0.6 is 11.3 Å². The molecule has 0 fully saturated rings. The lowest BCUT2D eigenvalue weighted by Crippen LogP contribution is -2.36. The number of anilines is 1. The number of rotatable bonds is 6. The van der Waals surface area contributed by atoms with Crippen molar-refractivity contribution in [3.63, 3.8) is 0 Å². The predicted molar refractivity (Wildman–Crippen MR) is 116 cm³/mol. The number of β-amino-alcohol motifs (C(OH)–C–C–N with tert-alkyl or cyclic N) is 1. The Balaban J connectivity index is 1.66. The molecule has 1 aliphatic heterocycles. The number of fused-ring (bicyclic) bond motifs is 2. The van der Waals surface area contributed by atoms with Gasteiger partial charge in [-0.3, -0.25) is 0 Å². The summed E-state index contributed by atoms with van der Waals surface area (Å²) in [7, 11) is 0. The number of aliphatic hydroxyl groups is 2. The summed E-state index contributed by atoms with van der Waals surface area (Å²) in [5.41, 5.74) is 4.55. The zero-order valence-electron chi connectivity index (χ0n) is 15.5. The number of nitrogens with zero attached hydrogens (tertiary/aromatic N) is 2. The monoisotopic (exact) mass is 391 g/mol. The van der Waals surface area contributed by atoms with E-state index in [1.807, 2.05) is 30.5 Å². The number of benzene rings is 2. The SMILES string of the molecule is OCCN1C=C/C(=C\C=C\c2sc3ccccc3[n+]2CCO)c2ccccc21. The van der Waals surface area contributed by atoms with Crippen LogP contribution in [-0.4, -0.2) is 30.0 Å². The van der Waals surface area contributed by atoms with Crippen LogP contribution in [0.25, 0.3) is 21.9 Å². The van der Waals surface area contributed by atoms with Gasteiger partial charge >= 0.3 is 0 Å². The number of hydrogen-bond donors (Lipinski definition) is 2. The molecular weight excluding hydrogens is 368 g/mol. The second kappa shape index (κ2) is 8.52. The molecule has 0 aliphatic carbocycles. The quantitative estimate of drug-likeness (QED) is 0.631. The van der Waals surface area contributed by atoms with Crippen LogP contribution in [-0.2, 0) is 6.54 Å². The first kappa shape index (κ1) is 18.6. The standard InChI is InChI=1S/C23H23N2O2S/c26-16-14-24-13-12-18(19-7-1-2-8-20(19)24)6-5-11-23-25(15-17-27)21-9-3-4-10-22(21)28-23/h1-13,26-27H,14-17H2/q+1. The van der Waals surface area contributed by atoms with Crippen LogP contribution in [0.4, 0.5) is 5.69 Å². The number of aromatic nitrogens is 1. The zero-order chi connectivity index (χ0) is 19.3. The van der Waals surface area contributed by atoms with Crippen molar-refractivity contribution in [1.82, 2.24) is 0 Å². The summed E-state index contributed by atoms with van der Waals surface area (Å²) in [5, 5.41) is 19.8. The molecule has 0 bridgehead atoms. The van der Waals surface area contributed by atoms with Gasteiger partial charge in [-0.1, -0.05) is 53.8 Å². The van der Waals surface area contributed by atoms with Gasteiger partial charge in [-0.2, -0.15) is 4.57 Å². The predicted octanol–water partition coefficient (Wildman–Crippen LogP) is 3.60. The molecule has 0 saturated heterocycles. The van der Waals surface area contributed by atoms with E-state index in [1.165, 1.54) is 4.70 Å². The maximum absolute atomic E-state index is 9.45. The third-order valence-corrected chi connectivity index (χ3v) is 5.90. The van der Waals surface area contributed by atoms with Crippen LogP contribution in [0.1, 0.15) is 10.6 Å². The van der Waals surface area contributed by atoms with Gasteiger partial charge in [0, 0.05) is 36.1 Å². The highest BCUT2D eigenvalue weighted by atomic mass is 32.1. The smallest absolute Gasteiger partial charge is 0.262 e. The molecule has 0 atom stereocenters. The van der Waals surface area contributed by atoms with Crippen LogP contribution < -0.4 is 9.47 Å². The summed E-state index contributed by atoms with van der Waals surface area (Å²) in [6, 6.07) is 16.5. The lowest BCUT2D eigenvalue weighted by molar-refractivity contribution is -0.670. The summed E-state index contributed by atoms with van der Waals surface area (Å²) in [4.78, 5) is 2.07. The van der Waals surface area contributed by atoms with Crippen molar-refractivity contribution in [2.45, 2.75) is 6.54 Å². The second-order valence-corrected chi connectivity index (χ2v) is 7.58. The molecule has 1 aliphatic rings. The highest BCUT2D eigenvalue weighted by Gasteiger charge is 2.17. The van der Waals surface area contributed by atoms with Crippen molar-refractivity contribution in [3.05, 3.63) is 83.5 Å². The molecule has 5 heteroatoms. The first-order valence-electron chi connectivity index (χ1n) is 9.37. The highest BCUT2D eigenvalue weighted by Crippen LogP contribution is 2.32. The van der Waals surface area contributed by atoms with Gasteiger partial charge in [-0.15, -0.1) is 0 Å². The van der Waals surface area contributed by atoms with E-state index in [4.69, 9.17) is 0 Å². The van der Waals surface area contributed by atoms with Gasteiger partial charge in [0.25, 0.3) is 5.01 Å². The van der Waals surface area contributed by atoms with Crippen molar-refractivity contribution in [3.8, 4) is 0 Å². The van der Waals surface area contributed by atoms with E-state index >= 15 is 0 Å². The Morgan fingerprint density at radius 1 is 1.00 bits per heavy atom. The molecule has 142 valence electrons. The largest absolute Gasteiger partial charge is 0.395 e. The molecule has 0 amide bonds. The normalized spacial score (nSPS) is 15.1. The average molecular weight is 392 g/mol. The van der Waals surface area contributed by atoms with E-state index in [-0.39, 0.29) is 13.2 Å². The number of para-hydroxylation sites is 2. The van der Waals surface area contributed by atoms with E-state index in [0.29, 0.717) is 13.1 Å². The van der Waals surface area contributed by atoms with E-state index in [2.05, 4.69) is 58.0 Å². The minimum atomic E-state index is 0.115. The molecule has 0 unspecified atom stereocenters. The van der Waals surface area contributed by atoms with Gasteiger partial charge in [0.15, 0.2) is 6.54 Å². The molecule has 4 rings (SSSR count). The van der Waals surface area contributed by atoms with Gasteiger partial charge < -0.3 is 15.1 Å². The number of hydrogen-bond acceptors (Lipinski definition) is 4. The molecule has 28 heavy (non-hydrogen) atoms. The molecule has 2 N–H and O–H groups in total. The van der Waals surface area contributed by atoms with Gasteiger partial charge in [0.05, 0.1) is 6.61 Å². The third-order valence-electron chi connectivity index (χ3n) is 4.77. The number of aliphatic hydroxyl groups excluding tert-OH is 2. The van der Waals surface area contributed by atoms with Gasteiger partial charge in [-0.25, -0.2) is 0 Å². The molecule has 0 saturated carbocycles. The molecular formula is C23H23N2O2S+. The molecule has 1 aromatic heterocycles. The number of allylic oxidation sites excluding steroid dienone is 4. The molecule has 0 radical (unpaired) electrons. The van der Waals surface area contributed by atoms with Crippen molar-refractivity contribution in [2.24, 2.45) is 0 Å². The van der Waals surface area contributed by atoms with Crippen molar-refractivity contribution in [1.29, 1.82) is 0 Å². The Bertz CT molecular complexity index is 1070. The lowest BCUT2D eigenvalue weighted by atomic mass is 9.99. The summed E-state index contributed by atoms with van der Waals surface area (Å²) in [5.74, 6) is 0. The van der Waals surface area contributed by atoms with Gasteiger partial charge in [0.2, 0.25) is 5.52 Å². The zero-order valence-corrected chi connectivity index (χ0v) is 16.3. The molecule has 2 heterocycles. The van der Waals surface area contributed by atoms with Crippen molar-refractivity contribution >= 4 is 38.9 Å². The van der Waals surface area contributed by atoms with Gasteiger partial charge in [-0.05, 0) is 23.8 Å². The van der Waals surface area contributed by atoms with Crippen molar-refractivity contribution in [2.75, 3.05) is 24.7 Å². The minimum absolute atomic E-state index is 0.115. The van der Waals surface area contributed by atoms with E-state index in [0.717, 1.165) is 27.3 Å². The summed E-state index contributed by atoms with van der Waals surface area (Å²) < 4.78 is 3.37. The van der Waals surface area contributed by atoms with Crippen LogP contribution in [0.5, 0.6) is 0 Å². The van der Waals surface area contributed by atoms with Crippen LogP contribution in [0.2, 0.25) is 0 Å². The fraction of sp³-hybridized carbons (Fsp3) is 0.174.